The van der Waals surface area contributed by atoms with Gasteiger partial charge >= 0.3 is 18.2 Å². The summed E-state index contributed by atoms with van der Waals surface area (Å²) in [5, 5.41) is 58.5. The Bertz CT molecular complexity index is 2560. The normalized spacial score (nSPS) is 20.2. The highest BCUT2D eigenvalue weighted by Gasteiger charge is 2.45. The van der Waals surface area contributed by atoms with Crippen LogP contribution in [0.25, 0.3) is 11.2 Å². The number of urea groups is 1. The molecule has 2 aromatic heterocycles. The number of esters is 1. The first-order valence-electron chi connectivity index (χ1n) is 19.2. The Morgan fingerprint density at radius 3 is 2.24 bits per heavy atom. The molecule has 5 atom stereocenters. The zero-order chi connectivity index (χ0) is 45.2. The fraction of sp³-hybridized carbons (Fsp3) is 0.333. The van der Waals surface area contributed by atoms with Gasteiger partial charge in [-0.25, -0.2) is 28.1 Å². The number of benzene rings is 3. The monoisotopic (exact) mass is 898 g/mol. The molecule has 20 nitrogen and oxygen atoms in total. The maximum absolute atomic E-state index is 13.0. The number of nitrogens with one attached hydrogen (secondary N) is 4. The number of sulfonamides is 1. The number of halogens is 3. The maximum atomic E-state index is 13.0. The first kappa shape index (κ1) is 44.3. The molecule has 1 saturated carbocycles. The molecule has 0 spiro atoms. The van der Waals surface area contributed by atoms with Gasteiger partial charge in [0.2, 0.25) is 16.0 Å². The highest BCUT2D eigenvalue weighted by atomic mass is 32.2. The largest absolute Gasteiger partial charge is 0.508 e. The number of hydrogen-bond acceptors (Lipinski definition) is 15. The number of aromatic hydroxyl groups is 2. The molecule has 24 heteroatoms. The lowest BCUT2D eigenvalue weighted by molar-refractivity contribution is -0.200. The molecule has 3 heterocycles. The van der Waals surface area contributed by atoms with E-state index in [1.807, 2.05) is 0 Å². The standard InChI is InChI=1S/C39H41F3N10O10S/c40-39(41,42)36(58)62-18-30(55)48-28-15-29(33(57)32(28)56)52-19-45-31-34(44-16-27(20-4-8-24(53)9-5-20)21-6-10-25(54)11-7-21)49-37(50-35(31)52)51-13-12-23(17-51)47-38(59)46-22-2-1-3-26(14-22)63(43,60)61/h1-11,14,19,23,27-29,32-33,53-54,56-57H,12-13,15-18H2,(H,48,55)(H2,43,60,61)(H,44,49,50)(H2,46,47,59)/t23-,28+,29-,32-,33+/m1/s1. The number of rotatable bonds is 13. The summed E-state index contributed by atoms with van der Waals surface area (Å²) < 4.78 is 66.9. The highest BCUT2D eigenvalue weighted by molar-refractivity contribution is 7.89. The lowest BCUT2D eigenvalue weighted by atomic mass is 9.91. The third-order valence-electron chi connectivity index (χ3n) is 10.6. The zero-order valence-corrected chi connectivity index (χ0v) is 33.6. The SMILES string of the molecule is NS(=O)(=O)c1cccc(NC(=O)N[C@@H]2CCN(c3nc(NCC(c4ccc(O)cc4)c4ccc(O)cc4)c4ncn([C@@H]5C[C@H](NC(=O)COC(=O)C(F)(F)F)[C@@H](O)[C@H]5O)c4n3)C2)c1. The van der Waals surface area contributed by atoms with Crippen molar-refractivity contribution < 1.29 is 61.1 Å². The average molecular weight is 899 g/mol. The summed E-state index contributed by atoms with van der Waals surface area (Å²) in [7, 11) is -4.02. The third kappa shape index (κ3) is 10.3. The Hall–Kier alpha value is -6.76. The number of aromatic nitrogens is 4. The molecule has 0 unspecified atom stereocenters. The number of amides is 3. The van der Waals surface area contributed by atoms with Crippen LogP contribution in [0, 0.1) is 0 Å². The predicted molar refractivity (Wildman–Crippen MR) is 217 cm³/mol. The van der Waals surface area contributed by atoms with Crippen molar-refractivity contribution in [1.82, 2.24) is 30.2 Å². The van der Waals surface area contributed by atoms with Crippen LogP contribution in [0.4, 0.5) is 35.4 Å². The third-order valence-corrected chi connectivity index (χ3v) is 11.5. The summed E-state index contributed by atoms with van der Waals surface area (Å²) in [4.78, 5) is 52.3. The molecule has 3 aromatic carbocycles. The van der Waals surface area contributed by atoms with Crippen molar-refractivity contribution in [2.75, 3.05) is 41.8 Å². The molecular formula is C39H41F3N10O10S. The van der Waals surface area contributed by atoms with Crippen LogP contribution in [0.15, 0.2) is 84.0 Å². The Kier molecular flexibility index (Phi) is 12.6. The van der Waals surface area contributed by atoms with Crippen LogP contribution in [0.2, 0.25) is 0 Å². The van der Waals surface area contributed by atoms with E-state index in [4.69, 9.17) is 15.1 Å². The zero-order valence-electron chi connectivity index (χ0n) is 32.8. The fourth-order valence-corrected chi connectivity index (χ4v) is 8.06. The summed E-state index contributed by atoms with van der Waals surface area (Å²) in [5.41, 5.74) is 2.20. The number of phenolic OH excluding ortho intramolecular Hbond substituents is 2. The average Bonchev–Trinajstić information content (AvgIpc) is 3.95. The van der Waals surface area contributed by atoms with Crippen molar-refractivity contribution in [2.45, 2.75) is 60.2 Å². The molecule has 334 valence electrons. The number of aliphatic hydroxyl groups is 2. The number of nitrogens with two attached hydrogens (primary N) is 1. The van der Waals surface area contributed by atoms with Gasteiger partial charge < -0.3 is 55.9 Å². The number of carbonyl (C=O) groups is 3. The van der Waals surface area contributed by atoms with Gasteiger partial charge in [-0.1, -0.05) is 30.3 Å². The number of primary sulfonamides is 1. The van der Waals surface area contributed by atoms with Gasteiger partial charge in [-0.3, -0.25) is 4.79 Å². The topological polar surface area (TPSA) is 296 Å². The molecule has 2 aliphatic rings. The summed E-state index contributed by atoms with van der Waals surface area (Å²) in [6.07, 6.45) is -6.83. The minimum atomic E-state index is -5.32. The van der Waals surface area contributed by atoms with Gasteiger partial charge in [0, 0.05) is 37.3 Å². The molecule has 0 bridgehead atoms. The van der Waals surface area contributed by atoms with Crippen molar-refractivity contribution >= 4 is 56.5 Å². The summed E-state index contributed by atoms with van der Waals surface area (Å²) in [6.45, 7) is -0.517. The molecule has 1 aliphatic heterocycles. The van der Waals surface area contributed by atoms with Crippen molar-refractivity contribution in [3.05, 3.63) is 90.3 Å². The second kappa shape index (κ2) is 17.9. The lowest BCUT2D eigenvalue weighted by Gasteiger charge is -2.22. The fourth-order valence-electron chi connectivity index (χ4n) is 7.50. The maximum Gasteiger partial charge on any atom is 0.490 e. The van der Waals surface area contributed by atoms with E-state index < -0.39 is 71.0 Å². The summed E-state index contributed by atoms with van der Waals surface area (Å²) >= 11 is 0. The molecule has 1 saturated heterocycles. The van der Waals surface area contributed by atoms with Gasteiger partial charge in [0.25, 0.3) is 5.91 Å². The van der Waals surface area contributed by atoms with E-state index in [1.54, 1.807) is 29.2 Å². The second-order valence-electron chi connectivity index (χ2n) is 14.9. The van der Waals surface area contributed by atoms with Gasteiger partial charge in [-0.2, -0.15) is 23.1 Å². The number of alkyl halides is 3. The number of aliphatic hydroxyl groups excluding tert-OH is 2. The van der Waals surface area contributed by atoms with Crippen LogP contribution in [0.3, 0.4) is 0 Å². The number of carbonyl (C=O) groups excluding carboxylic acids is 3. The van der Waals surface area contributed by atoms with Crippen LogP contribution in [0.1, 0.15) is 35.9 Å². The molecule has 5 aromatic rings. The molecule has 10 N–H and O–H groups in total. The van der Waals surface area contributed by atoms with E-state index in [-0.39, 0.29) is 70.4 Å². The Morgan fingerprint density at radius 2 is 1.60 bits per heavy atom. The first-order valence-corrected chi connectivity index (χ1v) is 20.8. The van der Waals surface area contributed by atoms with E-state index in [9.17, 15) is 56.4 Å². The molecule has 1 aliphatic carbocycles. The van der Waals surface area contributed by atoms with Crippen molar-refractivity contribution in [3.8, 4) is 11.5 Å². The van der Waals surface area contributed by atoms with Crippen molar-refractivity contribution in [3.63, 3.8) is 0 Å². The van der Waals surface area contributed by atoms with Gasteiger partial charge in [-0.05, 0) is 66.4 Å². The molecule has 63 heavy (non-hydrogen) atoms. The molecular weight excluding hydrogens is 858 g/mol. The number of fused-ring (bicyclic) bond motifs is 1. The number of imidazole rings is 1. The van der Waals surface area contributed by atoms with E-state index in [2.05, 4.69) is 31.0 Å². The molecule has 3 amide bonds. The highest BCUT2D eigenvalue weighted by Crippen LogP contribution is 2.36. The summed E-state index contributed by atoms with van der Waals surface area (Å²) in [5.74, 6) is -3.55. The van der Waals surface area contributed by atoms with Crippen molar-refractivity contribution in [1.29, 1.82) is 0 Å². The van der Waals surface area contributed by atoms with Crippen LogP contribution < -0.4 is 31.3 Å². The molecule has 0 radical (unpaired) electrons. The van der Waals surface area contributed by atoms with E-state index in [1.165, 1.54) is 59.4 Å². The molecule has 7 rings (SSSR count). The van der Waals surface area contributed by atoms with Gasteiger partial charge in [0.15, 0.2) is 23.6 Å². The number of anilines is 3. The van der Waals surface area contributed by atoms with Crippen molar-refractivity contribution in [2.24, 2.45) is 5.14 Å². The van der Waals surface area contributed by atoms with E-state index in [0.29, 0.717) is 13.0 Å². The Morgan fingerprint density at radius 1 is 0.937 bits per heavy atom. The second-order valence-corrected chi connectivity index (χ2v) is 16.5. The van der Waals surface area contributed by atoms with Gasteiger partial charge in [0.1, 0.15) is 23.7 Å². The van der Waals surface area contributed by atoms with E-state index in [0.717, 1.165) is 11.1 Å². The lowest BCUT2D eigenvalue weighted by Crippen LogP contribution is -2.45. The quantitative estimate of drug-likeness (QED) is 0.0762. The molecule has 2 fully saturated rings. The minimum Gasteiger partial charge on any atom is -0.508 e. The predicted octanol–water partition coefficient (Wildman–Crippen LogP) is 1.79. The van der Waals surface area contributed by atoms with Gasteiger partial charge in [-0.15, -0.1) is 0 Å². The van der Waals surface area contributed by atoms with Crippen LogP contribution >= 0.6 is 0 Å². The first-order chi connectivity index (χ1) is 29.8. The number of nitrogens with zero attached hydrogens (tertiary/aromatic N) is 5. The van der Waals surface area contributed by atoms with Crippen LogP contribution in [0.5, 0.6) is 11.5 Å². The van der Waals surface area contributed by atoms with Gasteiger partial charge in [0.05, 0.1) is 23.3 Å². The summed E-state index contributed by atoms with van der Waals surface area (Å²) in [6, 6.07) is 15.3. The number of hydrogen-bond donors (Lipinski definition) is 9. The Balaban J connectivity index is 1.15. The number of phenols is 2. The van der Waals surface area contributed by atoms with E-state index >= 15 is 0 Å². The van der Waals surface area contributed by atoms with Crippen LogP contribution in [-0.2, 0) is 24.3 Å². The number of ether oxygens (including phenoxy) is 1. The smallest absolute Gasteiger partial charge is 0.490 e. The van der Waals surface area contributed by atoms with Crippen LogP contribution in [-0.4, -0.2) is 123 Å². The Labute approximate surface area is 356 Å². The minimum absolute atomic E-state index is 0.0573.